The Morgan fingerprint density at radius 2 is 1.89 bits per heavy atom. The topological polar surface area (TPSA) is 72.2 Å². The van der Waals surface area contributed by atoms with Gasteiger partial charge in [-0.05, 0) is 32.1 Å². The van der Waals surface area contributed by atoms with Gasteiger partial charge in [0.05, 0.1) is 0 Å². The van der Waals surface area contributed by atoms with Crippen LogP contribution < -0.4 is 4.72 Å². The first-order chi connectivity index (χ1) is 8.82. The molecular formula is C12H21BrN2O3S. The van der Waals surface area contributed by atoms with E-state index in [1.165, 1.54) is 0 Å². The van der Waals surface area contributed by atoms with Gasteiger partial charge in [0.1, 0.15) is 10.6 Å². The standard InChI is InChI=1S/C12H21BrN2O3S/c1-5-12(6-2,7-13)8-14-19(16,17)11-9(3)15-18-10(11)4/h14H,5-8H2,1-4H3. The molecule has 0 aliphatic carbocycles. The third-order valence-corrected chi connectivity index (χ3v) is 6.49. The molecule has 1 aromatic rings. The van der Waals surface area contributed by atoms with Gasteiger partial charge in [0.25, 0.3) is 0 Å². The lowest BCUT2D eigenvalue weighted by molar-refractivity contribution is 0.309. The van der Waals surface area contributed by atoms with Crippen molar-refractivity contribution in [1.29, 1.82) is 0 Å². The average Bonchev–Trinajstić information content (AvgIpc) is 2.72. The molecule has 0 saturated heterocycles. The first kappa shape index (κ1) is 16.7. The molecule has 5 nitrogen and oxygen atoms in total. The molecule has 7 heteroatoms. The average molecular weight is 353 g/mol. The molecule has 19 heavy (non-hydrogen) atoms. The first-order valence-electron chi connectivity index (χ1n) is 6.30. The van der Waals surface area contributed by atoms with Crippen LogP contribution in [0, 0.1) is 19.3 Å². The third kappa shape index (κ3) is 3.58. The number of aryl methyl sites for hydroxylation is 2. The predicted molar refractivity (Wildman–Crippen MR) is 78.0 cm³/mol. The molecule has 1 aromatic heterocycles. The fourth-order valence-corrected chi connectivity index (χ4v) is 4.39. The van der Waals surface area contributed by atoms with Crippen LogP contribution in [0.25, 0.3) is 0 Å². The number of nitrogens with one attached hydrogen (secondary N) is 1. The second-order valence-corrected chi connectivity index (χ2v) is 7.08. The van der Waals surface area contributed by atoms with Crippen molar-refractivity contribution in [2.24, 2.45) is 5.41 Å². The molecule has 110 valence electrons. The summed E-state index contributed by atoms with van der Waals surface area (Å²) in [6.07, 6.45) is 1.80. The summed E-state index contributed by atoms with van der Waals surface area (Å²) in [4.78, 5) is 0.156. The highest BCUT2D eigenvalue weighted by Gasteiger charge is 2.30. The van der Waals surface area contributed by atoms with Crippen LogP contribution >= 0.6 is 15.9 Å². The van der Waals surface area contributed by atoms with E-state index in [1.54, 1.807) is 13.8 Å². The zero-order valence-corrected chi connectivity index (χ0v) is 14.2. The zero-order chi connectivity index (χ0) is 14.7. The Labute approximate surface area is 123 Å². The Kier molecular flexibility index (Phi) is 5.58. The van der Waals surface area contributed by atoms with E-state index >= 15 is 0 Å². The Morgan fingerprint density at radius 3 is 2.26 bits per heavy atom. The largest absolute Gasteiger partial charge is 0.360 e. The van der Waals surface area contributed by atoms with Crippen LogP contribution in [-0.2, 0) is 10.0 Å². The number of sulfonamides is 1. The smallest absolute Gasteiger partial charge is 0.245 e. The van der Waals surface area contributed by atoms with Crippen LogP contribution in [0.15, 0.2) is 9.42 Å². The molecule has 0 bridgehead atoms. The maximum absolute atomic E-state index is 12.3. The highest BCUT2D eigenvalue weighted by molar-refractivity contribution is 9.09. The summed E-state index contributed by atoms with van der Waals surface area (Å²) in [6.45, 7) is 7.76. The second kappa shape index (κ2) is 6.37. The van der Waals surface area contributed by atoms with Gasteiger partial charge in [0.15, 0.2) is 5.76 Å². The summed E-state index contributed by atoms with van der Waals surface area (Å²) < 4.78 is 32.2. The van der Waals surface area contributed by atoms with E-state index in [0.717, 1.165) is 18.2 Å². The Hall–Kier alpha value is -0.400. The molecular weight excluding hydrogens is 332 g/mol. The van der Waals surface area contributed by atoms with E-state index in [0.29, 0.717) is 18.0 Å². The molecule has 1 heterocycles. The van der Waals surface area contributed by atoms with E-state index in [1.807, 2.05) is 0 Å². The number of halogens is 1. The maximum Gasteiger partial charge on any atom is 0.245 e. The number of aromatic nitrogens is 1. The number of nitrogens with zero attached hydrogens (tertiary/aromatic N) is 1. The molecule has 0 atom stereocenters. The lowest BCUT2D eigenvalue weighted by atomic mass is 9.85. The van der Waals surface area contributed by atoms with E-state index in [4.69, 9.17) is 4.52 Å². The van der Waals surface area contributed by atoms with Crippen LogP contribution in [-0.4, -0.2) is 25.4 Å². The molecule has 0 radical (unpaired) electrons. The zero-order valence-electron chi connectivity index (χ0n) is 11.8. The normalized spacial score (nSPS) is 12.9. The first-order valence-corrected chi connectivity index (χ1v) is 8.91. The van der Waals surface area contributed by atoms with Crippen molar-refractivity contribution in [1.82, 2.24) is 9.88 Å². The summed E-state index contributed by atoms with van der Waals surface area (Å²) in [5.41, 5.74) is 0.328. The van der Waals surface area contributed by atoms with Gasteiger partial charge in [-0.3, -0.25) is 0 Å². The molecule has 0 saturated carbocycles. The van der Waals surface area contributed by atoms with Gasteiger partial charge < -0.3 is 4.52 Å². The van der Waals surface area contributed by atoms with E-state index in [-0.39, 0.29) is 10.3 Å². The van der Waals surface area contributed by atoms with Crippen LogP contribution in [0.2, 0.25) is 0 Å². The molecule has 0 fully saturated rings. The van der Waals surface area contributed by atoms with Crippen molar-refractivity contribution in [3.63, 3.8) is 0 Å². The predicted octanol–water partition coefficient (Wildman–Crippen LogP) is 2.77. The lowest BCUT2D eigenvalue weighted by Crippen LogP contribution is -2.38. The molecule has 1 rings (SSSR count). The molecule has 0 amide bonds. The highest BCUT2D eigenvalue weighted by atomic mass is 79.9. The van der Waals surface area contributed by atoms with Crippen molar-refractivity contribution < 1.29 is 12.9 Å². The summed E-state index contributed by atoms with van der Waals surface area (Å²) in [5.74, 6) is 0.322. The Bertz CT molecular complexity index is 493. The molecule has 0 aromatic carbocycles. The minimum atomic E-state index is -3.57. The summed E-state index contributed by atoms with van der Waals surface area (Å²) in [6, 6.07) is 0. The van der Waals surface area contributed by atoms with Gasteiger partial charge in [0, 0.05) is 11.9 Å². The van der Waals surface area contributed by atoms with Crippen LogP contribution in [0.4, 0.5) is 0 Å². The SMILES string of the molecule is CCC(CC)(CBr)CNS(=O)(=O)c1c(C)noc1C. The van der Waals surface area contributed by atoms with Gasteiger partial charge in [-0.15, -0.1) is 0 Å². The van der Waals surface area contributed by atoms with E-state index < -0.39 is 10.0 Å². The molecule has 0 aliphatic heterocycles. The summed E-state index contributed by atoms with van der Waals surface area (Å²) in [7, 11) is -3.57. The van der Waals surface area contributed by atoms with Crippen LogP contribution in [0.3, 0.4) is 0 Å². The van der Waals surface area contributed by atoms with E-state index in [9.17, 15) is 8.42 Å². The fraction of sp³-hybridized carbons (Fsp3) is 0.750. The molecule has 1 N–H and O–H groups in total. The highest BCUT2D eigenvalue weighted by Crippen LogP contribution is 2.29. The fourth-order valence-electron chi connectivity index (χ4n) is 1.91. The maximum atomic E-state index is 12.3. The molecule has 0 aliphatic rings. The summed E-state index contributed by atoms with van der Waals surface area (Å²) >= 11 is 3.47. The second-order valence-electron chi connectivity index (χ2n) is 4.82. The van der Waals surface area contributed by atoms with Gasteiger partial charge in [-0.1, -0.05) is 34.9 Å². The van der Waals surface area contributed by atoms with Crippen LogP contribution in [0.5, 0.6) is 0 Å². The molecule has 0 spiro atoms. The van der Waals surface area contributed by atoms with Crippen molar-refractivity contribution in [3.8, 4) is 0 Å². The number of rotatable bonds is 7. The minimum absolute atomic E-state index is 0.0634. The third-order valence-electron chi connectivity index (χ3n) is 3.66. The number of alkyl halides is 1. The monoisotopic (exact) mass is 352 g/mol. The Morgan fingerprint density at radius 1 is 1.32 bits per heavy atom. The van der Waals surface area contributed by atoms with Gasteiger partial charge >= 0.3 is 0 Å². The van der Waals surface area contributed by atoms with Gasteiger partial charge in [-0.2, -0.15) is 0 Å². The number of hydrogen-bond acceptors (Lipinski definition) is 4. The lowest BCUT2D eigenvalue weighted by Gasteiger charge is -2.29. The quantitative estimate of drug-likeness (QED) is 0.765. The van der Waals surface area contributed by atoms with Gasteiger partial charge in [-0.25, -0.2) is 13.1 Å². The summed E-state index contributed by atoms with van der Waals surface area (Å²) in [5, 5.41) is 4.44. The van der Waals surface area contributed by atoms with E-state index in [2.05, 4.69) is 39.7 Å². The van der Waals surface area contributed by atoms with Crippen LogP contribution in [0.1, 0.15) is 38.1 Å². The van der Waals surface area contributed by atoms with Crippen molar-refractivity contribution in [2.45, 2.75) is 45.4 Å². The number of hydrogen-bond donors (Lipinski definition) is 1. The van der Waals surface area contributed by atoms with Crippen molar-refractivity contribution >= 4 is 26.0 Å². The van der Waals surface area contributed by atoms with Crippen molar-refractivity contribution in [3.05, 3.63) is 11.5 Å². The minimum Gasteiger partial charge on any atom is -0.360 e. The molecule has 0 unspecified atom stereocenters. The Balaban J connectivity index is 2.93. The van der Waals surface area contributed by atoms with Gasteiger partial charge in [0.2, 0.25) is 10.0 Å². The van der Waals surface area contributed by atoms with Crippen molar-refractivity contribution in [2.75, 3.05) is 11.9 Å².